The fourth-order valence-corrected chi connectivity index (χ4v) is 3.64. The van der Waals surface area contributed by atoms with Crippen molar-refractivity contribution in [2.75, 3.05) is 39.8 Å². The van der Waals surface area contributed by atoms with Gasteiger partial charge >= 0.3 is 0 Å². The van der Waals surface area contributed by atoms with Gasteiger partial charge in [0.15, 0.2) is 5.96 Å². The van der Waals surface area contributed by atoms with Crippen molar-refractivity contribution in [2.45, 2.75) is 39.0 Å². The predicted octanol–water partition coefficient (Wildman–Crippen LogP) is 2.97. The van der Waals surface area contributed by atoms with Gasteiger partial charge in [-0.1, -0.05) is 13.0 Å². The zero-order valence-electron chi connectivity index (χ0n) is 14.7. The van der Waals surface area contributed by atoms with Crippen LogP contribution in [-0.4, -0.2) is 50.6 Å². The van der Waals surface area contributed by atoms with Crippen LogP contribution in [0.1, 0.15) is 37.5 Å². The maximum absolute atomic E-state index is 4.29. The molecule has 0 atom stereocenters. The molecule has 1 saturated heterocycles. The summed E-state index contributed by atoms with van der Waals surface area (Å²) in [6.45, 7) is 8.15. The molecule has 0 bridgehead atoms. The number of nitrogens with zero attached hydrogens (tertiary/aromatic N) is 2. The van der Waals surface area contributed by atoms with Gasteiger partial charge in [0.2, 0.25) is 0 Å². The van der Waals surface area contributed by atoms with Crippen LogP contribution in [0.5, 0.6) is 0 Å². The molecule has 4 nitrogen and oxygen atoms in total. The van der Waals surface area contributed by atoms with E-state index in [1.54, 1.807) is 0 Å². The summed E-state index contributed by atoms with van der Waals surface area (Å²) in [6.07, 6.45) is 6.29. The molecule has 1 aliphatic heterocycles. The van der Waals surface area contributed by atoms with Gasteiger partial charge in [0, 0.05) is 25.0 Å². The van der Waals surface area contributed by atoms with Crippen LogP contribution < -0.4 is 10.6 Å². The van der Waals surface area contributed by atoms with Crippen LogP contribution in [0.2, 0.25) is 0 Å². The number of aliphatic imine (C=N–C) groups is 1. The Labute approximate surface area is 145 Å². The molecule has 130 valence electrons. The SMILES string of the molecule is CN=C(NCCCCN1CCC(C)CC1)NCCc1cccs1. The van der Waals surface area contributed by atoms with Crippen LogP contribution in [0.25, 0.3) is 0 Å². The number of hydrogen-bond donors (Lipinski definition) is 2. The van der Waals surface area contributed by atoms with Gasteiger partial charge in [-0.05, 0) is 69.1 Å². The first kappa shape index (κ1) is 18.3. The highest BCUT2D eigenvalue weighted by atomic mass is 32.1. The van der Waals surface area contributed by atoms with Crippen LogP contribution in [0.3, 0.4) is 0 Å². The molecule has 2 N–H and O–H groups in total. The molecule has 0 saturated carbocycles. The molecule has 2 heterocycles. The largest absolute Gasteiger partial charge is 0.356 e. The number of likely N-dealkylation sites (tertiary alicyclic amines) is 1. The number of unbranched alkanes of at least 4 members (excludes halogenated alkanes) is 1. The molecule has 0 aliphatic carbocycles. The molecule has 0 amide bonds. The molecule has 23 heavy (non-hydrogen) atoms. The van der Waals surface area contributed by atoms with E-state index in [9.17, 15) is 0 Å². The molecule has 2 rings (SSSR count). The normalized spacial score (nSPS) is 17.4. The summed E-state index contributed by atoms with van der Waals surface area (Å²) < 4.78 is 0. The lowest BCUT2D eigenvalue weighted by molar-refractivity contribution is 0.189. The van der Waals surface area contributed by atoms with Gasteiger partial charge < -0.3 is 15.5 Å². The molecule has 0 radical (unpaired) electrons. The zero-order valence-corrected chi connectivity index (χ0v) is 15.5. The molecule has 1 aliphatic rings. The monoisotopic (exact) mass is 336 g/mol. The fraction of sp³-hybridized carbons (Fsp3) is 0.722. The Balaban J connectivity index is 1.48. The van der Waals surface area contributed by atoms with Gasteiger partial charge in [-0.25, -0.2) is 0 Å². The smallest absolute Gasteiger partial charge is 0.190 e. The van der Waals surface area contributed by atoms with E-state index in [1.807, 2.05) is 18.4 Å². The van der Waals surface area contributed by atoms with Crippen LogP contribution in [0, 0.1) is 5.92 Å². The molecule has 1 fully saturated rings. The van der Waals surface area contributed by atoms with E-state index in [4.69, 9.17) is 0 Å². The van der Waals surface area contributed by atoms with E-state index in [0.717, 1.165) is 31.4 Å². The maximum atomic E-state index is 4.29. The van der Waals surface area contributed by atoms with Crippen molar-refractivity contribution in [1.29, 1.82) is 0 Å². The first-order valence-electron chi connectivity index (χ1n) is 8.97. The van der Waals surface area contributed by atoms with E-state index in [-0.39, 0.29) is 0 Å². The zero-order chi connectivity index (χ0) is 16.3. The molecule has 5 heteroatoms. The van der Waals surface area contributed by atoms with Crippen molar-refractivity contribution in [3.63, 3.8) is 0 Å². The summed E-state index contributed by atoms with van der Waals surface area (Å²) in [4.78, 5) is 8.33. The third-order valence-electron chi connectivity index (χ3n) is 4.54. The van der Waals surface area contributed by atoms with Crippen molar-refractivity contribution >= 4 is 17.3 Å². The van der Waals surface area contributed by atoms with Crippen molar-refractivity contribution in [3.05, 3.63) is 22.4 Å². The maximum Gasteiger partial charge on any atom is 0.190 e. The summed E-state index contributed by atoms with van der Waals surface area (Å²) in [6, 6.07) is 4.29. The number of thiophene rings is 1. The Bertz CT molecular complexity index is 436. The lowest BCUT2D eigenvalue weighted by atomic mass is 9.99. The number of nitrogens with one attached hydrogen (secondary N) is 2. The van der Waals surface area contributed by atoms with Gasteiger partial charge in [-0.2, -0.15) is 0 Å². The lowest BCUT2D eigenvalue weighted by Gasteiger charge is -2.30. The van der Waals surface area contributed by atoms with Crippen molar-refractivity contribution in [1.82, 2.24) is 15.5 Å². The standard InChI is InChI=1S/C18H32N4S/c1-16-8-13-22(14-9-16)12-4-3-10-20-18(19-2)21-11-7-17-6-5-15-23-17/h5-6,15-16H,3-4,7-14H2,1-2H3,(H2,19,20,21). The molecule has 1 aromatic rings. The number of guanidine groups is 1. The predicted molar refractivity (Wildman–Crippen MR) is 101 cm³/mol. The molecule has 0 spiro atoms. The topological polar surface area (TPSA) is 39.7 Å². The number of piperidine rings is 1. The Hall–Kier alpha value is -1.07. The fourth-order valence-electron chi connectivity index (χ4n) is 2.93. The lowest BCUT2D eigenvalue weighted by Crippen LogP contribution is -2.39. The van der Waals surface area contributed by atoms with E-state index >= 15 is 0 Å². The quantitative estimate of drug-likeness (QED) is 0.435. The molecule has 0 unspecified atom stereocenters. The summed E-state index contributed by atoms with van der Waals surface area (Å²) in [7, 11) is 1.84. The Morgan fingerprint density at radius 3 is 2.74 bits per heavy atom. The van der Waals surface area contributed by atoms with Crippen molar-refractivity contribution in [3.8, 4) is 0 Å². The third kappa shape index (κ3) is 7.36. The number of hydrogen-bond acceptors (Lipinski definition) is 3. The second-order valence-corrected chi connectivity index (χ2v) is 7.52. The molecule has 0 aromatic carbocycles. The minimum atomic E-state index is 0.924. The second-order valence-electron chi connectivity index (χ2n) is 6.49. The average molecular weight is 337 g/mol. The van der Waals surface area contributed by atoms with E-state index in [1.165, 1.54) is 50.2 Å². The second kappa shape index (κ2) is 10.7. The van der Waals surface area contributed by atoms with E-state index in [0.29, 0.717) is 0 Å². The minimum absolute atomic E-state index is 0.924. The van der Waals surface area contributed by atoms with Gasteiger partial charge in [0.1, 0.15) is 0 Å². The van der Waals surface area contributed by atoms with Crippen LogP contribution in [0.4, 0.5) is 0 Å². The molecular weight excluding hydrogens is 304 g/mol. The van der Waals surface area contributed by atoms with E-state index < -0.39 is 0 Å². The van der Waals surface area contributed by atoms with Crippen LogP contribution in [-0.2, 0) is 6.42 Å². The molecule has 1 aromatic heterocycles. The highest BCUT2D eigenvalue weighted by Gasteiger charge is 2.14. The van der Waals surface area contributed by atoms with Gasteiger partial charge in [0.05, 0.1) is 0 Å². The van der Waals surface area contributed by atoms with Crippen molar-refractivity contribution < 1.29 is 0 Å². The van der Waals surface area contributed by atoms with Crippen molar-refractivity contribution in [2.24, 2.45) is 10.9 Å². The third-order valence-corrected chi connectivity index (χ3v) is 5.47. The van der Waals surface area contributed by atoms with Gasteiger partial charge in [-0.3, -0.25) is 4.99 Å². The Morgan fingerprint density at radius 2 is 2.04 bits per heavy atom. The molecular formula is C18H32N4S. The highest BCUT2D eigenvalue weighted by Crippen LogP contribution is 2.16. The summed E-state index contributed by atoms with van der Waals surface area (Å²) in [5.41, 5.74) is 0. The summed E-state index contributed by atoms with van der Waals surface area (Å²) >= 11 is 1.82. The average Bonchev–Trinajstić information content (AvgIpc) is 3.08. The van der Waals surface area contributed by atoms with E-state index in [2.05, 4.69) is 45.0 Å². The summed E-state index contributed by atoms with van der Waals surface area (Å²) in [5, 5.41) is 8.94. The van der Waals surface area contributed by atoms with Gasteiger partial charge in [0.25, 0.3) is 0 Å². The minimum Gasteiger partial charge on any atom is -0.356 e. The summed E-state index contributed by atoms with van der Waals surface area (Å²) in [5.74, 6) is 1.85. The number of rotatable bonds is 8. The van der Waals surface area contributed by atoms with Crippen LogP contribution in [0.15, 0.2) is 22.5 Å². The Kier molecular flexibility index (Phi) is 8.47. The Morgan fingerprint density at radius 1 is 1.26 bits per heavy atom. The van der Waals surface area contributed by atoms with Gasteiger partial charge in [-0.15, -0.1) is 11.3 Å². The van der Waals surface area contributed by atoms with Crippen LogP contribution >= 0.6 is 11.3 Å². The first-order chi connectivity index (χ1) is 11.3. The highest BCUT2D eigenvalue weighted by molar-refractivity contribution is 7.09. The first-order valence-corrected chi connectivity index (χ1v) is 9.85.